The Bertz CT molecular complexity index is 589. The normalized spacial score (nSPS) is 10.3. The smallest absolute Gasteiger partial charge is 0.305 e. The molecule has 20 heavy (non-hydrogen) atoms. The van der Waals surface area contributed by atoms with E-state index in [1.807, 2.05) is 0 Å². The van der Waals surface area contributed by atoms with Crippen molar-refractivity contribution < 1.29 is 19.4 Å². The molecule has 0 unspecified atom stereocenters. The molecule has 0 saturated carbocycles. The summed E-state index contributed by atoms with van der Waals surface area (Å²) in [5, 5.41) is 20.0. The molecule has 0 atom stereocenters. The number of hydrogen-bond acceptors (Lipinski definition) is 6. The van der Waals surface area contributed by atoms with E-state index in [2.05, 4.69) is 15.5 Å². The van der Waals surface area contributed by atoms with E-state index < -0.39 is 5.97 Å². The first-order valence-corrected chi connectivity index (χ1v) is 5.85. The monoisotopic (exact) mass is 278 g/mol. The summed E-state index contributed by atoms with van der Waals surface area (Å²) in [6.07, 6.45) is -0.0564. The van der Waals surface area contributed by atoms with Crippen LogP contribution in [0.2, 0.25) is 0 Å². The zero-order valence-electron chi connectivity index (χ0n) is 11.1. The van der Waals surface area contributed by atoms with Crippen molar-refractivity contribution in [3.63, 3.8) is 0 Å². The van der Waals surface area contributed by atoms with Crippen LogP contribution in [0.1, 0.15) is 6.42 Å². The third kappa shape index (κ3) is 3.02. The molecule has 0 spiro atoms. The van der Waals surface area contributed by atoms with Gasteiger partial charge in [-0.15, -0.1) is 5.10 Å². The van der Waals surface area contributed by atoms with E-state index in [0.717, 1.165) is 0 Å². The molecule has 0 aliphatic rings. The highest BCUT2D eigenvalue weighted by molar-refractivity contribution is 5.67. The van der Waals surface area contributed by atoms with Crippen molar-refractivity contribution in [3.8, 4) is 22.9 Å². The Morgan fingerprint density at radius 2 is 1.90 bits per heavy atom. The Morgan fingerprint density at radius 1 is 1.25 bits per heavy atom. The number of tetrazole rings is 1. The Balaban J connectivity index is 2.36. The summed E-state index contributed by atoms with van der Waals surface area (Å²) in [7, 11) is 3.10. The molecule has 0 aliphatic carbocycles. The number of benzene rings is 1. The topological polar surface area (TPSA) is 99.4 Å². The standard InChI is InChI=1S/C12H14N4O4/c1-19-9-5-8(6-10(7-9)20-2)12-13-14-15-16(12)4-3-11(17)18/h5-7H,3-4H2,1-2H3,(H,17,18). The summed E-state index contributed by atoms with van der Waals surface area (Å²) < 4.78 is 11.8. The first-order chi connectivity index (χ1) is 9.63. The van der Waals surface area contributed by atoms with Crippen LogP contribution < -0.4 is 9.47 Å². The second-order valence-corrected chi connectivity index (χ2v) is 3.97. The van der Waals surface area contributed by atoms with Crippen molar-refractivity contribution in [1.82, 2.24) is 20.2 Å². The van der Waals surface area contributed by atoms with Gasteiger partial charge in [0.05, 0.1) is 27.2 Å². The average molecular weight is 278 g/mol. The summed E-state index contributed by atoms with van der Waals surface area (Å²) in [5.41, 5.74) is 0.691. The van der Waals surface area contributed by atoms with Gasteiger partial charge >= 0.3 is 5.97 Å². The molecule has 1 aromatic heterocycles. The van der Waals surface area contributed by atoms with Gasteiger partial charge in [0, 0.05) is 11.6 Å². The molecule has 0 saturated heterocycles. The summed E-state index contributed by atoms with van der Waals surface area (Å²) in [4.78, 5) is 10.6. The second kappa shape index (κ2) is 6.00. The molecule has 0 bridgehead atoms. The van der Waals surface area contributed by atoms with Crippen LogP contribution in [0, 0.1) is 0 Å². The van der Waals surface area contributed by atoms with Crippen molar-refractivity contribution in [3.05, 3.63) is 18.2 Å². The number of rotatable bonds is 6. The number of carboxylic acid groups (broad SMARTS) is 1. The zero-order valence-corrected chi connectivity index (χ0v) is 11.1. The summed E-state index contributed by atoms with van der Waals surface area (Å²) in [6.45, 7) is 0.192. The average Bonchev–Trinajstić information content (AvgIpc) is 2.92. The van der Waals surface area contributed by atoms with E-state index in [1.165, 1.54) is 4.68 Å². The first-order valence-electron chi connectivity index (χ1n) is 5.85. The van der Waals surface area contributed by atoms with Crippen LogP contribution in [0.4, 0.5) is 0 Å². The van der Waals surface area contributed by atoms with Crippen LogP contribution in [0.25, 0.3) is 11.4 Å². The second-order valence-electron chi connectivity index (χ2n) is 3.97. The van der Waals surface area contributed by atoms with E-state index >= 15 is 0 Å². The van der Waals surface area contributed by atoms with Gasteiger partial charge in [-0.25, -0.2) is 4.68 Å². The number of methoxy groups -OCH3 is 2. The van der Waals surface area contributed by atoms with Crippen LogP contribution in [-0.2, 0) is 11.3 Å². The Labute approximate surface area is 114 Å². The third-order valence-corrected chi connectivity index (χ3v) is 2.68. The molecule has 106 valence electrons. The Morgan fingerprint density at radius 3 is 2.45 bits per heavy atom. The van der Waals surface area contributed by atoms with Crippen LogP contribution in [0.5, 0.6) is 11.5 Å². The predicted octanol–water partition coefficient (Wildman–Crippen LogP) is 0.832. The number of carboxylic acids is 1. The highest BCUT2D eigenvalue weighted by Gasteiger charge is 2.12. The molecule has 8 nitrogen and oxygen atoms in total. The van der Waals surface area contributed by atoms with Gasteiger partial charge in [-0.2, -0.15) is 0 Å². The molecule has 0 aliphatic heterocycles. The maximum absolute atomic E-state index is 10.6. The number of carbonyl (C=O) groups is 1. The van der Waals surface area contributed by atoms with Gasteiger partial charge in [-0.3, -0.25) is 4.79 Å². The van der Waals surface area contributed by atoms with Crippen LogP contribution in [0.15, 0.2) is 18.2 Å². The van der Waals surface area contributed by atoms with Crippen molar-refractivity contribution >= 4 is 5.97 Å². The minimum Gasteiger partial charge on any atom is -0.497 e. The van der Waals surface area contributed by atoms with Crippen molar-refractivity contribution in [2.75, 3.05) is 14.2 Å². The molecule has 0 radical (unpaired) electrons. The molecule has 2 aromatic rings. The van der Waals surface area contributed by atoms with E-state index in [9.17, 15) is 4.79 Å². The summed E-state index contributed by atoms with van der Waals surface area (Å²) in [6, 6.07) is 5.24. The lowest BCUT2D eigenvalue weighted by atomic mass is 10.2. The molecule has 8 heteroatoms. The lowest BCUT2D eigenvalue weighted by molar-refractivity contribution is -0.137. The maximum Gasteiger partial charge on any atom is 0.305 e. The van der Waals surface area contributed by atoms with Crippen LogP contribution in [0.3, 0.4) is 0 Å². The number of aromatic nitrogens is 4. The van der Waals surface area contributed by atoms with Gasteiger partial charge in [0.25, 0.3) is 0 Å². The lowest BCUT2D eigenvalue weighted by Gasteiger charge is -2.08. The van der Waals surface area contributed by atoms with Gasteiger partial charge in [0.2, 0.25) is 0 Å². The zero-order chi connectivity index (χ0) is 14.5. The Hall–Kier alpha value is -2.64. The molecular weight excluding hydrogens is 264 g/mol. The highest BCUT2D eigenvalue weighted by Crippen LogP contribution is 2.28. The highest BCUT2D eigenvalue weighted by atomic mass is 16.5. The molecular formula is C12H14N4O4. The number of aliphatic carboxylic acids is 1. The maximum atomic E-state index is 10.6. The summed E-state index contributed by atoms with van der Waals surface area (Å²) in [5.74, 6) is 0.761. The van der Waals surface area contributed by atoms with Crippen LogP contribution in [-0.4, -0.2) is 45.5 Å². The molecule has 1 heterocycles. The van der Waals surface area contributed by atoms with Gasteiger partial charge in [0.1, 0.15) is 11.5 Å². The number of nitrogens with zero attached hydrogens (tertiary/aromatic N) is 4. The lowest BCUT2D eigenvalue weighted by Crippen LogP contribution is -2.07. The number of ether oxygens (including phenoxy) is 2. The van der Waals surface area contributed by atoms with E-state index in [0.29, 0.717) is 22.9 Å². The largest absolute Gasteiger partial charge is 0.497 e. The molecule has 1 N–H and O–H groups in total. The quantitative estimate of drug-likeness (QED) is 0.835. The van der Waals surface area contributed by atoms with Gasteiger partial charge in [0.15, 0.2) is 5.82 Å². The van der Waals surface area contributed by atoms with Crippen molar-refractivity contribution in [2.45, 2.75) is 13.0 Å². The van der Waals surface area contributed by atoms with E-state index in [1.54, 1.807) is 32.4 Å². The molecule has 0 fully saturated rings. The fraction of sp³-hybridized carbons (Fsp3) is 0.333. The Kier molecular flexibility index (Phi) is 4.14. The van der Waals surface area contributed by atoms with Crippen molar-refractivity contribution in [1.29, 1.82) is 0 Å². The molecule has 2 rings (SSSR count). The van der Waals surface area contributed by atoms with Gasteiger partial charge in [-0.05, 0) is 22.6 Å². The first kappa shape index (κ1) is 13.8. The minimum atomic E-state index is -0.908. The number of aryl methyl sites for hydroxylation is 1. The minimum absolute atomic E-state index is 0.0564. The molecule has 1 aromatic carbocycles. The fourth-order valence-corrected chi connectivity index (χ4v) is 1.70. The SMILES string of the molecule is COc1cc(OC)cc(-c2nnnn2CCC(=O)O)c1. The third-order valence-electron chi connectivity index (χ3n) is 2.68. The van der Waals surface area contributed by atoms with Crippen LogP contribution >= 0.6 is 0 Å². The number of hydrogen-bond donors (Lipinski definition) is 1. The molecule has 0 amide bonds. The fourth-order valence-electron chi connectivity index (χ4n) is 1.70. The van der Waals surface area contributed by atoms with E-state index in [-0.39, 0.29) is 13.0 Å². The predicted molar refractivity (Wildman–Crippen MR) is 68.6 cm³/mol. The van der Waals surface area contributed by atoms with Gasteiger partial charge in [-0.1, -0.05) is 0 Å². The van der Waals surface area contributed by atoms with Crippen molar-refractivity contribution in [2.24, 2.45) is 0 Å². The van der Waals surface area contributed by atoms with E-state index in [4.69, 9.17) is 14.6 Å². The summed E-state index contributed by atoms with van der Waals surface area (Å²) >= 11 is 0. The van der Waals surface area contributed by atoms with Gasteiger partial charge < -0.3 is 14.6 Å².